The van der Waals surface area contributed by atoms with Gasteiger partial charge >= 0.3 is 5.97 Å². The minimum atomic E-state index is -0.742. The summed E-state index contributed by atoms with van der Waals surface area (Å²) in [6.45, 7) is -0.126. The van der Waals surface area contributed by atoms with E-state index in [1.165, 1.54) is 0 Å². The fraction of sp³-hybridized carbons (Fsp3) is 0.297. The average Bonchev–Trinajstić information content (AvgIpc) is 3.06. The number of rotatable bonds is 13. The van der Waals surface area contributed by atoms with Crippen LogP contribution >= 0.6 is 39.4 Å². The number of aliphatic hydroxyl groups excluding tert-OH is 2. The maximum absolute atomic E-state index is 12.0. The van der Waals surface area contributed by atoms with Crippen LogP contribution in [0.3, 0.4) is 0 Å². The minimum absolute atomic E-state index is 0. The first-order valence-corrected chi connectivity index (χ1v) is 14.8. The largest absolute Gasteiger partial charge is 0.508 e. The van der Waals surface area contributed by atoms with Crippen molar-refractivity contribution in [3.8, 4) is 11.5 Å². The highest BCUT2D eigenvalue weighted by Crippen LogP contribution is 2.12. The molecule has 2 atom stereocenters. The number of nitrogens with two attached hydrogens (primary N) is 1. The van der Waals surface area contributed by atoms with Gasteiger partial charge in [-0.2, -0.15) is 27.0 Å². The number of halogens is 1. The Morgan fingerprint density at radius 3 is 1.41 bits per heavy atom. The maximum atomic E-state index is 12.0. The Bertz CT molecular complexity index is 1390. The molecule has 0 unspecified atom stereocenters. The number of aliphatic carboxylic acids is 1. The van der Waals surface area contributed by atoms with Gasteiger partial charge in [-0.1, -0.05) is 92.4 Å². The molecule has 4 aromatic rings. The first kappa shape index (κ1) is 49.7. The molecule has 8 N–H and O–H groups in total. The van der Waals surface area contributed by atoms with Crippen molar-refractivity contribution < 1.29 is 35.1 Å². The molecular weight excluding hydrogens is 684 g/mol. The van der Waals surface area contributed by atoms with E-state index in [4.69, 9.17) is 21.1 Å². The topological polar surface area (TPSA) is 173 Å². The lowest BCUT2D eigenvalue weighted by molar-refractivity contribution is -0.137. The van der Waals surface area contributed by atoms with Crippen molar-refractivity contribution in [1.29, 1.82) is 0 Å². The second kappa shape index (κ2) is 29.2. The van der Waals surface area contributed by atoms with E-state index in [1.807, 2.05) is 60.7 Å². The Labute approximate surface area is 310 Å². The van der Waals surface area contributed by atoms with E-state index in [0.717, 1.165) is 22.3 Å². The monoisotopic (exact) mass is 736 g/mol. The number of amides is 1. The maximum Gasteiger partial charge on any atom is 0.303 e. The van der Waals surface area contributed by atoms with Crippen molar-refractivity contribution in [1.82, 2.24) is 5.32 Å². The summed E-state index contributed by atoms with van der Waals surface area (Å²) in [5.41, 5.74) is 9.71. The van der Waals surface area contributed by atoms with Crippen LogP contribution in [0.25, 0.3) is 0 Å². The van der Waals surface area contributed by atoms with Crippen molar-refractivity contribution in [3.63, 3.8) is 0 Å². The van der Waals surface area contributed by atoms with Crippen LogP contribution in [0.5, 0.6) is 11.5 Å². The Morgan fingerprint density at radius 1 is 0.612 bits per heavy atom. The third kappa shape index (κ3) is 23.3. The minimum Gasteiger partial charge on any atom is -0.508 e. The fourth-order valence-electron chi connectivity index (χ4n) is 4.18. The lowest BCUT2D eigenvalue weighted by atomic mass is 10.1. The lowest BCUT2D eigenvalue weighted by Gasteiger charge is -2.16. The third-order valence-corrected chi connectivity index (χ3v) is 6.63. The van der Waals surface area contributed by atoms with E-state index in [1.54, 1.807) is 48.5 Å². The van der Waals surface area contributed by atoms with Gasteiger partial charge in [0.15, 0.2) is 0 Å². The number of hydrogen-bond donors (Lipinski definition) is 7. The van der Waals surface area contributed by atoms with Crippen LogP contribution in [0.1, 0.15) is 42.5 Å². The van der Waals surface area contributed by atoms with Crippen molar-refractivity contribution in [2.45, 2.75) is 58.0 Å². The smallest absolute Gasteiger partial charge is 0.303 e. The summed E-state index contributed by atoms with van der Waals surface area (Å²) in [5, 5.41) is 47.5. The molecule has 0 aliphatic rings. The standard InChI is InChI=1S/C18H21NO3.C9H13NO2.C9H10O2.CH4.ClH.2H2S/c20-13-16(12-15-6-9-17(21)10-7-15)19-18(22)11-8-14-4-2-1-3-5-14;10-8(6-11)5-7-1-3-9(12)4-2-7;10-9(11)7-6-8-4-2-1-3-5-8;;;;/h1-7,9-10,16,20-21H,8,11-13H2,(H,19,22);1-4,8,11-12H,5-6,10H2;1-5H,6-7H2,(H,10,11);1H4;1H;2*1H2/t16-;8-;;;;;/m00...../s1. The highest BCUT2D eigenvalue weighted by Gasteiger charge is 2.12. The number of phenolic OH excluding ortho intramolecular Hbond substituents is 2. The number of aryl methyl sites for hydroxylation is 2. The number of benzene rings is 4. The molecule has 0 spiro atoms. The van der Waals surface area contributed by atoms with Gasteiger partial charge in [-0.15, -0.1) is 12.4 Å². The second-order valence-corrected chi connectivity index (χ2v) is 10.5. The fourth-order valence-corrected chi connectivity index (χ4v) is 4.18. The molecule has 0 fully saturated rings. The number of nitrogens with one attached hydrogen (secondary N) is 1. The molecule has 0 saturated carbocycles. The van der Waals surface area contributed by atoms with Crippen molar-refractivity contribution in [3.05, 3.63) is 131 Å². The van der Waals surface area contributed by atoms with Gasteiger partial charge in [0.25, 0.3) is 0 Å². The van der Waals surface area contributed by atoms with Gasteiger partial charge in [-0.3, -0.25) is 9.59 Å². The van der Waals surface area contributed by atoms with Crippen LogP contribution < -0.4 is 11.1 Å². The van der Waals surface area contributed by atoms with Crippen molar-refractivity contribution in [2.24, 2.45) is 5.73 Å². The molecule has 272 valence electrons. The molecule has 0 heterocycles. The van der Waals surface area contributed by atoms with Crippen LogP contribution in [0.4, 0.5) is 0 Å². The summed E-state index contributed by atoms with van der Waals surface area (Å²) in [7, 11) is 0. The molecule has 9 nitrogen and oxygen atoms in total. The third-order valence-electron chi connectivity index (χ3n) is 6.63. The summed E-state index contributed by atoms with van der Waals surface area (Å²) in [5.74, 6) is -0.358. The summed E-state index contributed by atoms with van der Waals surface area (Å²) in [6, 6.07) is 32.5. The predicted octanol–water partition coefficient (Wildman–Crippen LogP) is 5.29. The van der Waals surface area contributed by atoms with E-state index in [0.29, 0.717) is 32.1 Å². The second-order valence-electron chi connectivity index (χ2n) is 10.5. The molecule has 4 rings (SSSR count). The number of carboxylic acids is 1. The number of aliphatic hydroxyl groups is 2. The highest BCUT2D eigenvalue weighted by atomic mass is 35.5. The average molecular weight is 737 g/mol. The SMILES string of the molecule is C.Cl.N[C@H](CO)Cc1ccc(O)cc1.O=C(CCc1ccccc1)N[C@H](CO)Cc1ccc(O)cc1.O=C(O)CCc1ccccc1.S.S. The molecule has 12 heteroatoms. The van der Waals surface area contributed by atoms with Gasteiger partial charge in [0.05, 0.1) is 19.3 Å². The zero-order valence-electron chi connectivity index (χ0n) is 26.7. The first-order valence-electron chi connectivity index (χ1n) is 14.8. The van der Waals surface area contributed by atoms with Crippen molar-refractivity contribution in [2.75, 3.05) is 13.2 Å². The summed E-state index contributed by atoms with van der Waals surface area (Å²) in [4.78, 5) is 22.1. The highest BCUT2D eigenvalue weighted by molar-refractivity contribution is 7.59. The van der Waals surface area contributed by atoms with E-state index in [-0.39, 0.29) is 95.9 Å². The van der Waals surface area contributed by atoms with Gasteiger partial charge in [-0.05, 0) is 72.2 Å². The van der Waals surface area contributed by atoms with Crippen LogP contribution in [0, 0.1) is 0 Å². The van der Waals surface area contributed by atoms with Crippen molar-refractivity contribution >= 4 is 51.3 Å². The zero-order chi connectivity index (χ0) is 32.9. The number of hydrogen-bond acceptors (Lipinski definition) is 7. The van der Waals surface area contributed by atoms with E-state index < -0.39 is 5.97 Å². The van der Waals surface area contributed by atoms with Gasteiger partial charge in [0, 0.05) is 18.9 Å². The van der Waals surface area contributed by atoms with Gasteiger partial charge < -0.3 is 36.6 Å². The molecule has 0 aliphatic heterocycles. The molecule has 0 radical (unpaired) electrons. The Hall–Kier alpha value is -3.71. The number of carboxylic acid groups (broad SMARTS) is 1. The van der Waals surface area contributed by atoms with E-state index in [2.05, 4.69) is 5.32 Å². The van der Waals surface area contributed by atoms with Gasteiger partial charge in [-0.25, -0.2) is 0 Å². The van der Waals surface area contributed by atoms with Crippen LogP contribution in [0.2, 0.25) is 0 Å². The number of aromatic hydroxyl groups is 2. The molecule has 0 aromatic heterocycles. The molecule has 49 heavy (non-hydrogen) atoms. The lowest BCUT2D eigenvalue weighted by Crippen LogP contribution is -2.39. The predicted molar refractivity (Wildman–Crippen MR) is 210 cm³/mol. The molecule has 0 bridgehead atoms. The normalized spacial score (nSPS) is 10.6. The number of carbonyl (C=O) groups excluding carboxylic acids is 1. The Morgan fingerprint density at radius 2 is 1.02 bits per heavy atom. The van der Waals surface area contributed by atoms with Gasteiger partial charge in [0.1, 0.15) is 11.5 Å². The summed E-state index contributed by atoms with van der Waals surface area (Å²) < 4.78 is 0. The zero-order valence-corrected chi connectivity index (χ0v) is 29.6. The molecule has 0 saturated heterocycles. The number of carbonyl (C=O) groups is 2. The molecular formula is C37H53ClN2O7S2. The quantitative estimate of drug-likeness (QED) is 0.0971. The molecule has 1 amide bonds. The van der Waals surface area contributed by atoms with Crippen LogP contribution in [0.15, 0.2) is 109 Å². The number of phenols is 2. The molecule has 0 aliphatic carbocycles. The van der Waals surface area contributed by atoms with Crippen LogP contribution in [-0.2, 0) is 35.3 Å². The molecule has 4 aromatic carbocycles. The van der Waals surface area contributed by atoms with E-state index in [9.17, 15) is 19.8 Å². The van der Waals surface area contributed by atoms with E-state index >= 15 is 0 Å². The summed E-state index contributed by atoms with van der Waals surface area (Å²) in [6.07, 6.45) is 3.09. The Kier molecular flexibility index (Phi) is 29.6. The Balaban J connectivity index is -0.000000674. The van der Waals surface area contributed by atoms with Gasteiger partial charge in [0.2, 0.25) is 5.91 Å². The first-order chi connectivity index (χ1) is 21.7. The summed E-state index contributed by atoms with van der Waals surface area (Å²) >= 11 is 0. The van der Waals surface area contributed by atoms with Crippen LogP contribution in [-0.4, -0.2) is 62.7 Å².